The molecule has 0 spiro atoms. The summed E-state index contributed by atoms with van der Waals surface area (Å²) in [5.74, 6) is 0. The van der Waals surface area contributed by atoms with E-state index in [1.165, 1.54) is 0 Å². The van der Waals surface area contributed by atoms with Crippen molar-refractivity contribution in [2.75, 3.05) is 5.32 Å². The third-order valence-corrected chi connectivity index (χ3v) is 4.11. The molecule has 2 aromatic rings. The molecule has 0 fully saturated rings. The van der Waals surface area contributed by atoms with E-state index in [4.69, 9.17) is 34.8 Å². The van der Waals surface area contributed by atoms with Crippen LogP contribution in [0.25, 0.3) is 0 Å². The SMILES string of the molecule is Cc1csc(CNc2cc(Cl)c(Cl)cc2Cl)n1. The number of nitrogens with one attached hydrogen (secondary N) is 1. The van der Waals surface area contributed by atoms with Gasteiger partial charge >= 0.3 is 0 Å². The number of benzene rings is 1. The van der Waals surface area contributed by atoms with Crippen LogP contribution >= 0.6 is 46.1 Å². The Labute approximate surface area is 119 Å². The van der Waals surface area contributed by atoms with Crippen molar-refractivity contribution < 1.29 is 0 Å². The summed E-state index contributed by atoms with van der Waals surface area (Å²) in [5.41, 5.74) is 1.78. The quantitative estimate of drug-likeness (QED) is 0.805. The number of rotatable bonds is 3. The molecule has 0 aliphatic heterocycles. The molecule has 0 saturated carbocycles. The van der Waals surface area contributed by atoms with Crippen molar-refractivity contribution >= 4 is 51.8 Å². The molecule has 0 aliphatic rings. The molecule has 0 aliphatic carbocycles. The van der Waals surface area contributed by atoms with Gasteiger partial charge in [0.05, 0.1) is 27.3 Å². The summed E-state index contributed by atoms with van der Waals surface area (Å²) >= 11 is 19.4. The lowest BCUT2D eigenvalue weighted by atomic mass is 10.3. The highest BCUT2D eigenvalue weighted by molar-refractivity contribution is 7.09. The highest BCUT2D eigenvalue weighted by Crippen LogP contribution is 2.32. The fourth-order valence-corrected chi connectivity index (χ4v) is 2.64. The fourth-order valence-electron chi connectivity index (χ4n) is 1.31. The molecule has 17 heavy (non-hydrogen) atoms. The van der Waals surface area contributed by atoms with Crippen molar-refractivity contribution in [3.8, 4) is 0 Å². The van der Waals surface area contributed by atoms with Gasteiger partial charge in [-0.05, 0) is 19.1 Å². The normalized spacial score (nSPS) is 10.6. The van der Waals surface area contributed by atoms with E-state index in [2.05, 4.69) is 10.3 Å². The summed E-state index contributed by atoms with van der Waals surface area (Å²) in [4.78, 5) is 4.35. The van der Waals surface area contributed by atoms with Gasteiger partial charge in [0.2, 0.25) is 0 Å². The molecule has 2 rings (SSSR count). The molecule has 0 amide bonds. The molecule has 0 atom stereocenters. The molecule has 0 saturated heterocycles. The summed E-state index contributed by atoms with van der Waals surface area (Å²) in [6.07, 6.45) is 0. The highest BCUT2D eigenvalue weighted by Gasteiger charge is 2.06. The van der Waals surface area contributed by atoms with E-state index in [9.17, 15) is 0 Å². The van der Waals surface area contributed by atoms with E-state index in [0.29, 0.717) is 21.6 Å². The molecule has 1 aromatic heterocycles. The smallest absolute Gasteiger partial charge is 0.112 e. The van der Waals surface area contributed by atoms with Gasteiger partial charge in [0.1, 0.15) is 5.01 Å². The molecular formula is C11H9Cl3N2S. The molecular weight excluding hydrogens is 299 g/mol. The van der Waals surface area contributed by atoms with Gasteiger partial charge in [-0.25, -0.2) is 4.98 Å². The second-order valence-corrected chi connectivity index (χ2v) is 5.65. The first kappa shape index (κ1) is 13.0. The number of aromatic nitrogens is 1. The van der Waals surface area contributed by atoms with E-state index in [-0.39, 0.29) is 0 Å². The summed E-state index contributed by atoms with van der Waals surface area (Å²) in [6, 6.07) is 3.34. The standard InChI is InChI=1S/C11H9Cl3N2S/c1-6-5-17-11(16-6)4-15-10-3-8(13)7(12)2-9(10)14/h2-3,5,15H,4H2,1H3. The van der Waals surface area contributed by atoms with Crippen molar-refractivity contribution in [2.45, 2.75) is 13.5 Å². The first-order valence-electron chi connectivity index (χ1n) is 4.85. The molecule has 0 bridgehead atoms. The fraction of sp³-hybridized carbons (Fsp3) is 0.182. The van der Waals surface area contributed by atoms with E-state index < -0.39 is 0 Å². The summed E-state index contributed by atoms with van der Waals surface area (Å²) in [5, 5.41) is 7.68. The van der Waals surface area contributed by atoms with Crippen molar-refractivity contribution in [3.63, 3.8) is 0 Å². The van der Waals surface area contributed by atoms with Gasteiger partial charge in [-0.1, -0.05) is 34.8 Å². The van der Waals surface area contributed by atoms with Crippen molar-refractivity contribution in [2.24, 2.45) is 0 Å². The van der Waals surface area contributed by atoms with Crippen molar-refractivity contribution in [1.82, 2.24) is 4.98 Å². The maximum atomic E-state index is 6.05. The first-order chi connectivity index (χ1) is 8.06. The van der Waals surface area contributed by atoms with Crippen LogP contribution in [0, 0.1) is 6.92 Å². The van der Waals surface area contributed by atoms with Crippen LogP contribution in [0.2, 0.25) is 15.1 Å². The van der Waals surface area contributed by atoms with Gasteiger partial charge in [0.25, 0.3) is 0 Å². The maximum absolute atomic E-state index is 6.05. The number of thiazole rings is 1. The van der Waals surface area contributed by atoms with Gasteiger partial charge in [-0.2, -0.15) is 0 Å². The van der Waals surface area contributed by atoms with Crippen LogP contribution < -0.4 is 5.32 Å². The Balaban J connectivity index is 2.11. The Morgan fingerprint density at radius 3 is 2.53 bits per heavy atom. The Morgan fingerprint density at radius 2 is 1.88 bits per heavy atom. The predicted octanol–water partition coefficient (Wildman–Crippen LogP) is 5.02. The van der Waals surface area contributed by atoms with Gasteiger partial charge in [0, 0.05) is 11.1 Å². The van der Waals surface area contributed by atoms with E-state index in [0.717, 1.165) is 16.4 Å². The minimum absolute atomic E-state index is 0.451. The zero-order chi connectivity index (χ0) is 12.4. The third kappa shape index (κ3) is 3.26. The zero-order valence-electron chi connectivity index (χ0n) is 8.93. The largest absolute Gasteiger partial charge is 0.377 e. The number of hydrogen-bond donors (Lipinski definition) is 1. The number of hydrogen-bond acceptors (Lipinski definition) is 3. The lowest BCUT2D eigenvalue weighted by molar-refractivity contribution is 1.08. The Bertz CT molecular complexity index is 540. The van der Waals surface area contributed by atoms with Crippen LogP contribution in [0.15, 0.2) is 17.5 Å². The lowest BCUT2D eigenvalue weighted by Gasteiger charge is -2.08. The van der Waals surface area contributed by atoms with Crippen LogP contribution in [0.1, 0.15) is 10.7 Å². The zero-order valence-corrected chi connectivity index (χ0v) is 12.0. The maximum Gasteiger partial charge on any atom is 0.112 e. The number of aryl methyl sites for hydroxylation is 1. The monoisotopic (exact) mass is 306 g/mol. The molecule has 6 heteroatoms. The van der Waals surface area contributed by atoms with Crippen LogP contribution in [0.4, 0.5) is 5.69 Å². The van der Waals surface area contributed by atoms with Crippen LogP contribution in [0.5, 0.6) is 0 Å². The molecule has 1 heterocycles. The van der Waals surface area contributed by atoms with Crippen LogP contribution in [-0.2, 0) is 6.54 Å². The minimum Gasteiger partial charge on any atom is -0.377 e. The molecule has 1 aromatic carbocycles. The number of halogens is 3. The number of anilines is 1. The van der Waals surface area contributed by atoms with Crippen molar-refractivity contribution in [1.29, 1.82) is 0 Å². The Hall–Kier alpha value is -0.480. The van der Waals surface area contributed by atoms with Gasteiger partial charge in [0.15, 0.2) is 0 Å². The average Bonchev–Trinajstić information content (AvgIpc) is 2.68. The van der Waals surface area contributed by atoms with E-state index in [1.54, 1.807) is 23.5 Å². The highest BCUT2D eigenvalue weighted by atomic mass is 35.5. The second-order valence-electron chi connectivity index (χ2n) is 3.48. The molecule has 1 N–H and O–H groups in total. The topological polar surface area (TPSA) is 24.9 Å². The summed E-state index contributed by atoms with van der Waals surface area (Å²) in [6.45, 7) is 2.59. The number of nitrogens with zero attached hydrogens (tertiary/aromatic N) is 1. The van der Waals surface area contributed by atoms with Gasteiger partial charge in [-0.15, -0.1) is 11.3 Å². The first-order valence-corrected chi connectivity index (χ1v) is 6.87. The Morgan fingerprint density at radius 1 is 1.18 bits per heavy atom. The van der Waals surface area contributed by atoms with Gasteiger partial charge < -0.3 is 5.32 Å². The lowest BCUT2D eigenvalue weighted by Crippen LogP contribution is -1.99. The molecule has 2 nitrogen and oxygen atoms in total. The second kappa shape index (κ2) is 5.44. The van der Waals surface area contributed by atoms with E-state index in [1.807, 2.05) is 12.3 Å². The van der Waals surface area contributed by atoms with Crippen molar-refractivity contribution in [3.05, 3.63) is 43.3 Å². The molecule has 0 unspecified atom stereocenters. The van der Waals surface area contributed by atoms with Crippen LogP contribution in [-0.4, -0.2) is 4.98 Å². The summed E-state index contributed by atoms with van der Waals surface area (Å²) in [7, 11) is 0. The Kier molecular flexibility index (Phi) is 4.15. The predicted molar refractivity (Wildman–Crippen MR) is 75.6 cm³/mol. The summed E-state index contributed by atoms with van der Waals surface area (Å²) < 4.78 is 0. The average molecular weight is 308 g/mol. The van der Waals surface area contributed by atoms with Crippen LogP contribution in [0.3, 0.4) is 0 Å². The molecule has 90 valence electrons. The van der Waals surface area contributed by atoms with E-state index >= 15 is 0 Å². The molecule has 0 radical (unpaired) electrons. The minimum atomic E-state index is 0.451. The third-order valence-electron chi connectivity index (χ3n) is 2.11. The van der Waals surface area contributed by atoms with Gasteiger partial charge in [-0.3, -0.25) is 0 Å².